The van der Waals surface area contributed by atoms with Gasteiger partial charge in [0, 0.05) is 56.2 Å². The van der Waals surface area contributed by atoms with Gasteiger partial charge in [0.25, 0.3) is 0 Å². The summed E-state index contributed by atoms with van der Waals surface area (Å²) in [5, 5.41) is 20.7. The maximum atomic E-state index is 13.6. The molecule has 6 aromatic rings. The molecule has 0 radical (unpaired) electrons. The van der Waals surface area contributed by atoms with Crippen LogP contribution in [0, 0.1) is 11.3 Å². The number of unbranched alkanes of at least 4 members (excludes halogenated alkanes) is 1. The van der Waals surface area contributed by atoms with Crippen molar-refractivity contribution >= 4 is 28.7 Å². The Kier molecular flexibility index (Phi) is 10.8. The van der Waals surface area contributed by atoms with Crippen molar-refractivity contribution < 1.29 is 4.79 Å². The van der Waals surface area contributed by atoms with Gasteiger partial charge in [0.2, 0.25) is 5.95 Å². The molecule has 254 valence electrons. The summed E-state index contributed by atoms with van der Waals surface area (Å²) < 4.78 is 3.74. The summed E-state index contributed by atoms with van der Waals surface area (Å²) in [4.78, 5) is 29.1. The van der Waals surface area contributed by atoms with Crippen LogP contribution in [0.25, 0.3) is 33.4 Å². The zero-order chi connectivity index (χ0) is 34.9. The lowest BCUT2D eigenvalue weighted by molar-refractivity contribution is 0.245. The van der Waals surface area contributed by atoms with Crippen molar-refractivity contribution in [2.45, 2.75) is 51.6 Å². The molecule has 0 aliphatic carbocycles. The van der Waals surface area contributed by atoms with E-state index in [1.807, 2.05) is 109 Å². The number of aryl methyl sites for hydroxylation is 2. The van der Waals surface area contributed by atoms with Gasteiger partial charge >= 0.3 is 6.03 Å². The van der Waals surface area contributed by atoms with Gasteiger partial charge in [-0.15, -0.1) is 0 Å². The molecule has 3 aromatic carbocycles. The zero-order valence-electron chi connectivity index (χ0n) is 28.8. The average molecular weight is 667 g/mol. The molecule has 3 heterocycles. The maximum Gasteiger partial charge on any atom is 0.322 e. The highest BCUT2D eigenvalue weighted by atomic mass is 16.2. The number of carbonyl (C=O) groups excluding carboxylic acids is 1. The first-order chi connectivity index (χ1) is 24.4. The number of benzene rings is 3. The number of nitriles is 1. The van der Waals surface area contributed by atoms with Crippen molar-refractivity contribution in [2.75, 3.05) is 16.8 Å². The highest BCUT2D eigenvalue weighted by Crippen LogP contribution is 2.27. The Morgan fingerprint density at radius 1 is 0.940 bits per heavy atom. The van der Waals surface area contributed by atoms with Gasteiger partial charge in [-0.2, -0.15) is 10.4 Å². The number of carbonyl (C=O) groups is 1. The third kappa shape index (κ3) is 8.15. The van der Waals surface area contributed by atoms with E-state index >= 15 is 0 Å². The van der Waals surface area contributed by atoms with Gasteiger partial charge < -0.3 is 15.2 Å². The van der Waals surface area contributed by atoms with E-state index in [0.717, 1.165) is 71.1 Å². The van der Waals surface area contributed by atoms with E-state index in [9.17, 15) is 10.1 Å². The van der Waals surface area contributed by atoms with Gasteiger partial charge in [0.15, 0.2) is 0 Å². The van der Waals surface area contributed by atoms with Crippen molar-refractivity contribution in [3.63, 3.8) is 0 Å². The van der Waals surface area contributed by atoms with Crippen molar-refractivity contribution in [1.29, 1.82) is 5.26 Å². The number of fused-ring (bicyclic) bond motifs is 1. The van der Waals surface area contributed by atoms with Crippen LogP contribution >= 0.6 is 0 Å². The molecule has 1 atom stereocenters. The first kappa shape index (κ1) is 33.9. The molecule has 0 aliphatic heterocycles. The number of hydrogen-bond donors (Lipinski definition) is 2. The molecular weight excluding hydrogens is 624 g/mol. The normalized spacial score (nSPS) is 11.6. The third-order valence-electron chi connectivity index (χ3n) is 8.81. The van der Waals surface area contributed by atoms with Crippen LogP contribution in [-0.4, -0.2) is 47.9 Å². The molecule has 11 heteroatoms. The van der Waals surface area contributed by atoms with E-state index in [1.165, 1.54) is 0 Å². The molecule has 3 aromatic heterocycles. The second-order valence-electron chi connectivity index (χ2n) is 12.5. The lowest BCUT2D eigenvalue weighted by Crippen LogP contribution is -2.40. The number of nitrogens with zero attached hydrogens (tertiary/aromatic N) is 8. The Bertz CT molecular complexity index is 2080. The lowest BCUT2D eigenvalue weighted by atomic mass is 10.0. The van der Waals surface area contributed by atoms with E-state index in [2.05, 4.69) is 38.7 Å². The Labute approximate surface area is 292 Å². The van der Waals surface area contributed by atoms with E-state index < -0.39 is 0 Å². The summed E-state index contributed by atoms with van der Waals surface area (Å²) in [5.41, 5.74) is 7.64. The summed E-state index contributed by atoms with van der Waals surface area (Å²) in [6, 6.07) is 26.2. The van der Waals surface area contributed by atoms with Crippen molar-refractivity contribution in [3.8, 4) is 28.5 Å². The van der Waals surface area contributed by atoms with Crippen molar-refractivity contribution in [2.24, 2.45) is 14.1 Å². The van der Waals surface area contributed by atoms with Gasteiger partial charge in [-0.05, 0) is 61.1 Å². The summed E-state index contributed by atoms with van der Waals surface area (Å²) in [7, 11) is 3.85. The predicted octanol–water partition coefficient (Wildman–Crippen LogP) is 7.47. The molecule has 6 rings (SSSR count). The lowest BCUT2D eigenvalue weighted by Gasteiger charge is -2.24. The average Bonchev–Trinajstić information content (AvgIpc) is 3.75. The van der Waals surface area contributed by atoms with Gasteiger partial charge in [-0.1, -0.05) is 61.9 Å². The minimum Gasteiger partial charge on any atom is -0.351 e. The first-order valence-electron chi connectivity index (χ1n) is 17.1. The van der Waals surface area contributed by atoms with Crippen LogP contribution in [0.5, 0.6) is 0 Å². The maximum absolute atomic E-state index is 13.6. The molecular formula is C39H42N10O. The zero-order valence-corrected chi connectivity index (χ0v) is 28.8. The number of nitrogens with one attached hydrogen (secondary N) is 2. The minimum atomic E-state index is -0.131. The monoisotopic (exact) mass is 666 g/mol. The number of urea groups is 1. The van der Waals surface area contributed by atoms with Crippen LogP contribution < -0.4 is 15.5 Å². The van der Waals surface area contributed by atoms with Crippen LogP contribution in [0.15, 0.2) is 97.7 Å². The predicted molar refractivity (Wildman–Crippen MR) is 197 cm³/mol. The number of rotatable bonds is 14. The van der Waals surface area contributed by atoms with Crippen LogP contribution in [0.1, 0.15) is 50.2 Å². The number of hydrogen-bond acceptors (Lipinski definition) is 7. The highest BCUT2D eigenvalue weighted by molar-refractivity contribution is 5.92. The third-order valence-corrected chi connectivity index (χ3v) is 8.81. The van der Waals surface area contributed by atoms with E-state index in [1.54, 1.807) is 17.2 Å². The second-order valence-corrected chi connectivity index (χ2v) is 12.5. The Morgan fingerprint density at radius 2 is 1.74 bits per heavy atom. The SMILES string of the molecule is CCC[C@H](CCCCN(C(=O)NCc1ccccc1)c1ccc(-c2cnn(C)c2)cc1)Nc1ncc(C#N)c(-c2ccc3c(c2)ncn3C)n1. The summed E-state index contributed by atoms with van der Waals surface area (Å²) in [6.07, 6.45) is 11.7. The fourth-order valence-corrected chi connectivity index (χ4v) is 6.14. The standard InChI is InChI=1S/C39H42N10O/c1-4-10-33(45-38-41-24-31(22-40)37(46-38)30-16-19-36-35(21-30)43-27-47(36)2)13-8-9-20-49(39(50)42-23-28-11-6-5-7-12-28)34-17-14-29(15-18-34)32-25-44-48(3)26-32/h5-7,11-12,14-19,21,24-27,33H,4,8-10,13,20,23H2,1-3H3,(H,42,50)(H,41,45,46)/t33-/m1/s1. The molecule has 0 bridgehead atoms. The summed E-state index contributed by atoms with van der Waals surface area (Å²) in [6.45, 7) is 3.18. The van der Waals surface area contributed by atoms with Crippen LogP contribution in [0.3, 0.4) is 0 Å². The molecule has 0 saturated carbocycles. The van der Waals surface area contributed by atoms with E-state index in [-0.39, 0.29) is 12.1 Å². The van der Waals surface area contributed by atoms with Crippen LogP contribution in [0.2, 0.25) is 0 Å². The summed E-state index contributed by atoms with van der Waals surface area (Å²) >= 11 is 0. The second kappa shape index (κ2) is 15.9. The number of anilines is 2. The highest BCUT2D eigenvalue weighted by Gasteiger charge is 2.18. The van der Waals surface area contributed by atoms with Gasteiger partial charge in [0.1, 0.15) is 6.07 Å². The fourth-order valence-electron chi connectivity index (χ4n) is 6.14. The number of amides is 2. The Balaban J connectivity index is 1.12. The molecule has 0 fully saturated rings. The molecule has 50 heavy (non-hydrogen) atoms. The quantitative estimate of drug-likeness (QED) is 0.115. The molecule has 0 saturated heterocycles. The Morgan fingerprint density at radius 3 is 2.48 bits per heavy atom. The smallest absolute Gasteiger partial charge is 0.322 e. The molecule has 0 aliphatic rings. The Hall–Kier alpha value is -6.02. The van der Waals surface area contributed by atoms with E-state index in [4.69, 9.17) is 4.98 Å². The minimum absolute atomic E-state index is 0.131. The fraction of sp³-hybridized carbons (Fsp3) is 0.282. The molecule has 2 N–H and O–H groups in total. The van der Waals surface area contributed by atoms with Gasteiger partial charge in [-0.3, -0.25) is 9.58 Å². The number of imidazole rings is 1. The first-order valence-corrected chi connectivity index (χ1v) is 17.1. The number of aromatic nitrogens is 6. The van der Waals surface area contributed by atoms with Crippen molar-refractivity contribution in [1.82, 2.24) is 34.6 Å². The molecule has 0 spiro atoms. The van der Waals surface area contributed by atoms with Crippen LogP contribution in [0.4, 0.5) is 16.4 Å². The van der Waals surface area contributed by atoms with Crippen LogP contribution in [-0.2, 0) is 20.6 Å². The molecule has 0 unspecified atom stereocenters. The largest absolute Gasteiger partial charge is 0.351 e. The topological polar surface area (TPSA) is 130 Å². The van der Waals surface area contributed by atoms with Gasteiger partial charge in [0.05, 0.1) is 41.0 Å². The van der Waals surface area contributed by atoms with E-state index in [0.29, 0.717) is 30.3 Å². The molecule has 2 amide bonds. The summed E-state index contributed by atoms with van der Waals surface area (Å²) in [5.74, 6) is 0.495. The van der Waals surface area contributed by atoms with Crippen molar-refractivity contribution in [3.05, 3.63) is 109 Å². The van der Waals surface area contributed by atoms with Gasteiger partial charge in [-0.25, -0.2) is 19.7 Å². The molecule has 11 nitrogen and oxygen atoms in total.